The molecule has 0 radical (unpaired) electrons. The van der Waals surface area contributed by atoms with Crippen LogP contribution in [-0.2, 0) is 5.41 Å². The summed E-state index contributed by atoms with van der Waals surface area (Å²) in [5, 5.41) is 4.44. The van der Waals surface area contributed by atoms with E-state index in [0.717, 1.165) is 0 Å². The zero-order chi connectivity index (χ0) is 10.1. The van der Waals surface area contributed by atoms with E-state index in [4.69, 9.17) is 5.84 Å². The van der Waals surface area contributed by atoms with Gasteiger partial charge in [-0.05, 0) is 29.7 Å². The van der Waals surface area contributed by atoms with Gasteiger partial charge in [-0.15, -0.1) is 0 Å². The molecule has 2 N–H and O–H groups in total. The van der Waals surface area contributed by atoms with Crippen LogP contribution in [-0.4, -0.2) is 9.89 Å². The van der Waals surface area contributed by atoms with Crippen molar-refractivity contribution in [2.24, 2.45) is 5.41 Å². The maximum atomic E-state index is 5.69. The van der Waals surface area contributed by atoms with Gasteiger partial charge in [0.1, 0.15) is 0 Å². The third kappa shape index (κ3) is 0.625. The summed E-state index contributed by atoms with van der Waals surface area (Å²) in [5.74, 6) is 6.36. The summed E-state index contributed by atoms with van der Waals surface area (Å²) < 4.78 is 0. The molecular weight excluding hydrogens is 174 g/mol. The monoisotopic (exact) mass is 191 g/mol. The zero-order valence-electron chi connectivity index (χ0n) is 9.04. The first-order valence-corrected chi connectivity index (χ1v) is 5.32. The van der Waals surface area contributed by atoms with Crippen molar-refractivity contribution < 1.29 is 0 Å². The fourth-order valence-corrected chi connectivity index (χ4v) is 3.56. The first-order valence-electron chi connectivity index (χ1n) is 5.32. The van der Waals surface area contributed by atoms with Crippen LogP contribution in [0.3, 0.4) is 0 Å². The molecule has 2 atom stereocenters. The van der Waals surface area contributed by atoms with Crippen molar-refractivity contribution in [2.45, 2.75) is 44.9 Å². The van der Waals surface area contributed by atoms with Crippen LogP contribution in [0.5, 0.6) is 0 Å². The number of nitrogens with zero attached hydrogens (tertiary/aromatic N) is 2. The van der Waals surface area contributed by atoms with Crippen LogP contribution in [0.1, 0.15) is 50.8 Å². The minimum absolute atomic E-state index is 0.248. The number of hydrogen-bond acceptors (Lipinski definition) is 2. The Kier molecular flexibility index (Phi) is 1.19. The Labute approximate surface area is 84.3 Å². The summed E-state index contributed by atoms with van der Waals surface area (Å²) in [5.41, 5.74) is 3.25. The predicted octanol–water partition coefficient (Wildman–Crippen LogP) is 1.77. The van der Waals surface area contributed by atoms with Crippen LogP contribution >= 0.6 is 0 Å². The molecule has 3 rings (SSSR count). The molecule has 0 aromatic carbocycles. The zero-order valence-corrected chi connectivity index (χ0v) is 9.04. The number of fused-ring (bicyclic) bond motifs is 5. The van der Waals surface area contributed by atoms with Gasteiger partial charge in [-0.2, -0.15) is 9.89 Å². The van der Waals surface area contributed by atoms with Crippen LogP contribution in [0.25, 0.3) is 0 Å². The quantitative estimate of drug-likeness (QED) is 0.635. The molecule has 0 unspecified atom stereocenters. The molecule has 2 aliphatic carbocycles. The van der Waals surface area contributed by atoms with E-state index in [9.17, 15) is 0 Å². The SMILES string of the molecule is CC1(C)[C@@H]2CC[C@@]1(C)c1nn(N)cc12. The largest absolute Gasteiger partial charge is 0.323 e. The maximum Gasteiger partial charge on any atom is 0.0744 e. The Morgan fingerprint density at radius 2 is 2.21 bits per heavy atom. The molecule has 1 heterocycles. The number of aromatic nitrogens is 2. The molecule has 2 aliphatic rings. The van der Waals surface area contributed by atoms with Crippen molar-refractivity contribution in [2.75, 3.05) is 5.84 Å². The van der Waals surface area contributed by atoms with Crippen molar-refractivity contribution in [3.05, 3.63) is 17.5 Å². The van der Waals surface area contributed by atoms with Gasteiger partial charge in [0.05, 0.1) is 11.9 Å². The van der Waals surface area contributed by atoms with Gasteiger partial charge in [-0.25, -0.2) is 0 Å². The summed E-state index contributed by atoms with van der Waals surface area (Å²) in [4.78, 5) is 1.48. The van der Waals surface area contributed by atoms with Gasteiger partial charge in [-0.1, -0.05) is 20.8 Å². The van der Waals surface area contributed by atoms with Crippen molar-refractivity contribution in [1.82, 2.24) is 9.89 Å². The molecule has 1 fully saturated rings. The standard InChI is InChI=1S/C11H17N3/c1-10(2)8-4-5-11(10,3)9-7(8)6-14(12)13-9/h6,8H,4-5,12H2,1-3H3/t8-,11+/m1/s1. The Bertz CT molecular complexity index is 405. The number of hydrogen-bond donors (Lipinski definition) is 1. The Morgan fingerprint density at radius 1 is 1.50 bits per heavy atom. The second-order valence-corrected chi connectivity index (χ2v) is 5.56. The molecule has 0 amide bonds. The summed E-state index contributed by atoms with van der Waals surface area (Å²) in [6.45, 7) is 7.08. The maximum absolute atomic E-state index is 5.69. The summed E-state index contributed by atoms with van der Waals surface area (Å²) in [7, 11) is 0. The highest BCUT2D eigenvalue weighted by atomic mass is 15.5. The van der Waals surface area contributed by atoms with E-state index in [1.807, 2.05) is 6.20 Å². The molecule has 0 aliphatic heterocycles. The molecule has 0 spiro atoms. The first kappa shape index (κ1) is 8.33. The molecule has 2 bridgehead atoms. The van der Waals surface area contributed by atoms with E-state index >= 15 is 0 Å². The van der Waals surface area contributed by atoms with Gasteiger partial charge >= 0.3 is 0 Å². The van der Waals surface area contributed by atoms with E-state index in [1.54, 1.807) is 0 Å². The summed E-state index contributed by atoms with van der Waals surface area (Å²) >= 11 is 0. The summed E-state index contributed by atoms with van der Waals surface area (Å²) in [6.07, 6.45) is 4.56. The minimum Gasteiger partial charge on any atom is -0.323 e. The smallest absolute Gasteiger partial charge is 0.0744 e. The lowest BCUT2D eigenvalue weighted by Crippen LogP contribution is -2.32. The van der Waals surface area contributed by atoms with Crippen LogP contribution in [0, 0.1) is 5.41 Å². The highest BCUT2D eigenvalue weighted by molar-refractivity contribution is 5.44. The Morgan fingerprint density at radius 3 is 2.86 bits per heavy atom. The minimum atomic E-state index is 0.248. The molecule has 0 saturated heterocycles. The van der Waals surface area contributed by atoms with E-state index < -0.39 is 0 Å². The van der Waals surface area contributed by atoms with E-state index in [1.165, 1.54) is 28.9 Å². The predicted molar refractivity (Wildman–Crippen MR) is 55.5 cm³/mol. The van der Waals surface area contributed by atoms with Crippen LogP contribution in [0.2, 0.25) is 0 Å². The van der Waals surface area contributed by atoms with Crippen molar-refractivity contribution in [3.63, 3.8) is 0 Å². The van der Waals surface area contributed by atoms with Gasteiger partial charge in [0.25, 0.3) is 0 Å². The van der Waals surface area contributed by atoms with Crippen molar-refractivity contribution >= 4 is 0 Å². The number of nitrogens with two attached hydrogens (primary N) is 1. The molecule has 14 heavy (non-hydrogen) atoms. The first-order chi connectivity index (χ1) is 6.47. The Balaban J connectivity index is 2.28. The topological polar surface area (TPSA) is 43.8 Å². The van der Waals surface area contributed by atoms with Gasteiger partial charge in [0.2, 0.25) is 0 Å². The normalized spacial score (nSPS) is 37.5. The van der Waals surface area contributed by atoms with Gasteiger partial charge in [-0.3, -0.25) is 0 Å². The van der Waals surface area contributed by atoms with Crippen molar-refractivity contribution in [3.8, 4) is 0 Å². The van der Waals surface area contributed by atoms with Crippen LogP contribution in [0.4, 0.5) is 0 Å². The summed E-state index contributed by atoms with van der Waals surface area (Å²) in [6, 6.07) is 0. The Hall–Kier alpha value is -0.990. The van der Waals surface area contributed by atoms with Crippen LogP contribution in [0.15, 0.2) is 6.20 Å². The third-order valence-electron chi connectivity index (χ3n) is 4.88. The molecular formula is C11H17N3. The van der Waals surface area contributed by atoms with E-state index in [0.29, 0.717) is 11.3 Å². The highest BCUT2D eigenvalue weighted by Gasteiger charge is 2.61. The molecule has 1 saturated carbocycles. The van der Waals surface area contributed by atoms with Crippen molar-refractivity contribution in [1.29, 1.82) is 0 Å². The number of rotatable bonds is 0. The molecule has 1 aromatic heterocycles. The van der Waals surface area contributed by atoms with Gasteiger partial charge in [0.15, 0.2) is 0 Å². The number of nitrogen functional groups attached to an aromatic ring is 1. The van der Waals surface area contributed by atoms with Gasteiger partial charge < -0.3 is 5.84 Å². The fraction of sp³-hybridized carbons (Fsp3) is 0.727. The van der Waals surface area contributed by atoms with E-state index in [-0.39, 0.29) is 5.41 Å². The lowest BCUT2D eigenvalue weighted by molar-refractivity contribution is 0.224. The molecule has 3 nitrogen and oxygen atoms in total. The van der Waals surface area contributed by atoms with Gasteiger partial charge in [0, 0.05) is 5.41 Å². The third-order valence-corrected chi connectivity index (χ3v) is 4.88. The molecule has 3 heteroatoms. The second-order valence-electron chi connectivity index (χ2n) is 5.56. The van der Waals surface area contributed by atoms with Crippen LogP contribution < -0.4 is 5.84 Å². The molecule has 1 aromatic rings. The lowest BCUT2D eigenvalue weighted by Gasteiger charge is -2.34. The average Bonchev–Trinajstić information content (AvgIpc) is 2.59. The molecule has 76 valence electrons. The highest BCUT2D eigenvalue weighted by Crippen LogP contribution is 2.67. The lowest BCUT2D eigenvalue weighted by atomic mass is 9.70. The van der Waals surface area contributed by atoms with E-state index in [2.05, 4.69) is 25.9 Å². The average molecular weight is 191 g/mol. The second kappa shape index (κ2) is 2.00. The fourth-order valence-electron chi connectivity index (χ4n) is 3.56.